The second-order valence-electron chi connectivity index (χ2n) is 8.73. The molecule has 1 aliphatic carbocycles. The van der Waals surface area contributed by atoms with E-state index in [-0.39, 0.29) is 12.2 Å². The van der Waals surface area contributed by atoms with Crippen LogP contribution in [0.5, 0.6) is 0 Å². The first-order valence-electron chi connectivity index (χ1n) is 10.1. The number of carboxylic acid groups (broad SMARTS) is 1. The Bertz CT molecular complexity index is 1100. The maximum Gasteiger partial charge on any atom is 0.328 e. The third-order valence-corrected chi connectivity index (χ3v) is 6.18. The quantitative estimate of drug-likeness (QED) is 0.542. The van der Waals surface area contributed by atoms with Gasteiger partial charge in [0.2, 0.25) is 0 Å². The molecule has 0 amide bonds. The highest BCUT2D eigenvalue weighted by Crippen LogP contribution is 2.47. The fourth-order valence-electron chi connectivity index (χ4n) is 4.30. The lowest BCUT2D eigenvalue weighted by Gasteiger charge is -2.46. The highest BCUT2D eigenvalue weighted by atomic mass is 16.4. The second-order valence-corrected chi connectivity index (χ2v) is 8.73. The van der Waals surface area contributed by atoms with Crippen LogP contribution in [0, 0.1) is 5.41 Å². The minimum absolute atomic E-state index is 0.0429. The van der Waals surface area contributed by atoms with Gasteiger partial charge in [-0.25, -0.2) is 4.79 Å². The molecule has 3 rings (SSSR count). The number of ketones is 1. The average Bonchev–Trinajstić information content (AvgIpc) is 2.67. The van der Waals surface area contributed by atoms with E-state index in [1.165, 1.54) is 0 Å². The molecule has 0 fully saturated rings. The van der Waals surface area contributed by atoms with Crippen LogP contribution in [0.15, 0.2) is 77.4 Å². The summed E-state index contributed by atoms with van der Waals surface area (Å²) in [5, 5.41) is 22.8. The van der Waals surface area contributed by atoms with Crippen LogP contribution < -0.4 is 0 Å². The zero-order chi connectivity index (χ0) is 22.1. The SMILES string of the molecule is CC1=C(Cc2cccc3ccccc23)C(=O)CC(C)(C)[C@@]1(O)/C=C/C(C)=C\C(=O)O. The predicted octanol–water partition coefficient (Wildman–Crippen LogP) is 5.02. The summed E-state index contributed by atoms with van der Waals surface area (Å²) in [4.78, 5) is 24.0. The summed E-state index contributed by atoms with van der Waals surface area (Å²) >= 11 is 0. The molecule has 1 aliphatic rings. The summed E-state index contributed by atoms with van der Waals surface area (Å²) in [6.45, 7) is 7.21. The molecule has 2 aromatic rings. The van der Waals surface area contributed by atoms with E-state index in [4.69, 9.17) is 5.11 Å². The molecule has 0 saturated carbocycles. The molecule has 0 unspecified atom stereocenters. The topological polar surface area (TPSA) is 74.6 Å². The number of rotatable bonds is 5. The zero-order valence-electron chi connectivity index (χ0n) is 17.9. The smallest absolute Gasteiger partial charge is 0.328 e. The van der Waals surface area contributed by atoms with Crippen molar-refractivity contribution in [3.63, 3.8) is 0 Å². The molecule has 0 aliphatic heterocycles. The van der Waals surface area contributed by atoms with Crippen LogP contribution in [-0.2, 0) is 16.0 Å². The van der Waals surface area contributed by atoms with Gasteiger partial charge in [0.15, 0.2) is 5.78 Å². The molecule has 2 N–H and O–H groups in total. The van der Waals surface area contributed by atoms with E-state index in [0.29, 0.717) is 23.1 Å². The number of allylic oxidation sites excluding steroid dienone is 3. The Balaban J connectivity index is 2.08. The number of carbonyl (C=O) groups is 2. The van der Waals surface area contributed by atoms with Gasteiger partial charge in [-0.15, -0.1) is 0 Å². The Kier molecular flexibility index (Phi) is 5.82. The normalized spacial score (nSPS) is 22.2. The monoisotopic (exact) mass is 404 g/mol. The molecule has 4 nitrogen and oxygen atoms in total. The highest BCUT2D eigenvalue weighted by molar-refractivity contribution is 5.99. The van der Waals surface area contributed by atoms with E-state index in [0.717, 1.165) is 22.4 Å². The summed E-state index contributed by atoms with van der Waals surface area (Å²) in [6.07, 6.45) is 5.00. The van der Waals surface area contributed by atoms with Crippen molar-refractivity contribution in [3.8, 4) is 0 Å². The van der Waals surface area contributed by atoms with Gasteiger partial charge in [-0.2, -0.15) is 0 Å². The highest BCUT2D eigenvalue weighted by Gasteiger charge is 2.49. The Labute approximate surface area is 177 Å². The van der Waals surface area contributed by atoms with Gasteiger partial charge in [-0.1, -0.05) is 62.4 Å². The van der Waals surface area contributed by atoms with Gasteiger partial charge in [-0.05, 0) is 47.4 Å². The number of fused-ring (bicyclic) bond motifs is 1. The summed E-state index contributed by atoms with van der Waals surface area (Å²) in [5.41, 5.74) is 0.745. The lowest BCUT2D eigenvalue weighted by molar-refractivity contribution is -0.131. The van der Waals surface area contributed by atoms with Crippen molar-refractivity contribution < 1.29 is 19.8 Å². The van der Waals surface area contributed by atoms with Crippen LogP contribution in [-0.4, -0.2) is 27.6 Å². The maximum atomic E-state index is 13.0. The number of aliphatic carboxylic acids is 1. The largest absolute Gasteiger partial charge is 0.478 e. The van der Waals surface area contributed by atoms with Crippen LogP contribution in [0.1, 0.15) is 39.7 Å². The fourth-order valence-corrected chi connectivity index (χ4v) is 4.30. The number of hydrogen-bond acceptors (Lipinski definition) is 3. The van der Waals surface area contributed by atoms with Gasteiger partial charge < -0.3 is 10.2 Å². The number of carboxylic acids is 1. The Hall–Kier alpha value is -2.98. The molecule has 0 aromatic heterocycles. The molecule has 1 atom stereocenters. The van der Waals surface area contributed by atoms with Gasteiger partial charge in [0, 0.05) is 29.9 Å². The van der Waals surface area contributed by atoms with E-state index in [1.807, 2.05) is 56.3 Å². The van der Waals surface area contributed by atoms with Gasteiger partial charge in [-0.3, -0.25) is 4.79 Å². The molecule has 156 valence electrons. The number of carbonyl (C=O) groups excluding carboxylic acids is 1. The minimum atomic E-state index is -1.35. The Morgan fingerprint density at radius 2 is 1.80 bits per heavy atom. The molecule has 2 aromatic carbocycles. The van der Waals surface area contributed by atoms with E-state index in [2.05, 4.69) is 0 Å². The lowest BCUT2D eigenvalue weighted by atomic mass is 9.62. The Morgan fingerprint density at radius 3 is 2.50 bits per heavy atom. The van der Waals surface area contributed by atoms with Crippen molar-refractivity contribution in [1.82, 2.24) is 0 Å². The zero-order valence-corrected chi connectivity index (χ0v) is 17.9. The third-order valence-electron chi connectivity index (χ3n) is 6.18. The molecule has 0 saturated heterocycles. The number of hydrogen-bond donors (Lipinski definition) is 2. The molecule has 0 radical (unpaired) electrons. The summed E-state index contributed by atoms with van der Waals surface area (Å²) in [7, 11) is 0. The van der Waals surface area contributed by atoms with Crippen LogP contribution in [0.4, 0.5) is 0 Å². The van der Waals surface area contributed by atoms with E-state index < -0.39 is 17.0 Å². The third kappa shape index (κ3) is 4.01. The summed E-state index contributed by atoms with van der Waals surface area (Å²) < 4.78 is 0. The molecule has 30 heavy (non-hydrogen) atoms. The van der Waals surface area contributed by atoms with Crippen molar-refractivity contribution in [1.29, 1.82) is 0 Å². The standard InChI is InChI=1S/C26H28O4/c1-17(14-24(28)29)12-13-26(30)18(2)22(23(27)16-25(26,3)4)15-20-10-7-9-19-8-5-6-11-21(19)20/h5-14,30H,15-16H2,1-4H3,(H,28,29)/b13-12+,17-14-/t26-/m1/s1. The lowest BCUT2D eigenvalue weighted by Crippen LogP contribution is -2.49. The number of Topliss-reactive ketones (excluding diaryl/α,β-unsaturated/α-hetero) is 1. The van der Waals surface area contributed by atoms with Gasteiger partial charge >= 0.3 is 5.97 Å². The molecular formula is C26H28O4. The van der Waals surface area contributed by atoms with Crippen LogP contribution in [0.3, 0.4) is 0 Å². The van der Waals surface area contributed by atoms with Crippen molar-refractivity contribution >= 4 is 22.5 Å². The van der Waals surface area contributed by atoms with Gasteiger partial charge in [0.05, 0.1) is 0 Å². The van der Waals surface area contributed by atoms with Crippen LogP contribution in [0.25, 0.3) is 10.8 Å². The number of benzene rings is 2. The fraction of sp³-hybridized carbons (Fsp3) is 0.308. The van der Waals surface area contributed by atoms with Gasteiger partial charge in [0.25, 0.3) is 0 Å². The molecule has 0 heterocycles. The first-order chi connectivity index (χ1) is 14.0. The molecular weight excluding hydrogens is 376 g/mol. The Morgan fingerprint density at radius 1 is 1.13 bits per heavy atom. The predicted molar refractivity (Wildman–Crippen MR) is 119 cm³/mol. The van der Waals surface area contributed by atoms with Crippen molar-refractivity contribution in [2.24, 2.45) is 5.41 Å². The maximum absolute atomic E-state index is 13.0. The van der Waals surface area contributed by atoms with Crippen molar-refractivity contribution in [2.45, 2.75) is 46.1 Å². The number of aliphatic hydroxyl groups is 1. The van der Waals surface area contributed by atoms with Crippen molar-refractivity contribution in [2.75, 3.05) is 0 Å². The summed E-state index contributed by atoms with van der Waals surface area (Å²) in [5.74, 6) is -0.993. The molecule has 4 heteroatoms. The summed E-state index contributed by atoms with van der Waals surface area (Å²) in [6, 6.07) is 14.1. The second kappa shape index (κ2) is 8.04. The molecule has 0 spiro atoms. The van der Waals surface area contributed by atoms with Crippen LogP contribution >= 0.6 is 0 Å². The van der Waals surface area contributed by atoms with Crippen molar-refractivity contribution in [3.05, 3.63) is 83.0 Å². The van der Waals surface area contributed by atoms with Crippen LogP contribution in [0.2, 0.25) is 0 Å². The van der Waals surface area contributed by atoms with E-state index >= 15 is 0 Å². The first kappa shape index (κ1) is 21.7. The molecule has 0 bridgehead atoms. The van der Waals surface area contributed by atoms with E-state index in [9.17, 15) is 14.7 Å². The minimum Gasteiger partial charge on any atom is -0.478 e. The first-order valence-corrected chi connectivity index (χ1v) is 10.1. The average molecular weight is 405 g/mol. The van der Waals surface area contributed by atoms with E-state index in [1.54, 1.807) is 26.0 Å². The van der Waals surface area contributed by atoms with Gasteiger partial charge in [0.1, 0.15) is 5.60 Å².